The summed E-state index contributed by atoms with van der Waals surface area (Å²) >= 11 is 5.66. The lowest BCUT2D eigenvalue weighted by Gasteiger charge is -2.30. The summed E-state index contributed by atoms with van der Waals surface area (Å²) < 4.78 is 40.0. The molecule has 4 nitrogen and oxygen atoms in total. The van der Waals surface area contributed by atoms with Gasteiger partial charge in [-0.15, -0.1) is 12.4 Å². The van der Waals surface area contributed by atoms with Crippen LogP contribution in [0.2, 0.25) is 5.02 Å². The Kier molecular flexibility index (Phi) is 6.87. The van der Waals surface area contributed by atoms with E-state index in [9.17, 15) is 12.8 Å². The fourth-order valence-electron chi connectivity index (χ4n) is 2.33. The minimum atomic E-state index is -3.47. The van der Waals surface area contributed by atoms with Gasteiger partial charge in [0.2, 0.25) is 10.0 Å². The molecule has 0 aromatic heterocycles. The molecule has 2 N–H and O–H groups in total. The number of hydrogen-bond acceptors (Lipinski definition) is 3. The Bertz CT molecular complexity index is 584. The summed E-state index contributed by atoms with van der Waals surface area (Å²) in [5.74, 6) is -0.748. The predicted molar refractivity (Wildman–Crippen MR) is 84.9 cm³/mol. The largest absolute Gasteiger partial charge is 0.313 e. The Hall–Kier alpha value is -0.400. The molecule has 0 spiro atoms. The minimum absolute atomic E-state index is 0. The summed E-state index contributed by atoms with van der Waals surface area (Å²) in [7, 11) is -3.47. The van der Waals surface area contributed by atoms with Gasteiger partial charge >= 0.3 is 0 Å². The van der Waals surface area contributed by atoms with Crippen LogP contribution >= 0.6 is 24.0 Å². The van der Waals surface area contributed by atoms with Crippen molar-refractivity contribution in [2.75, 3.05) is 6.54 Å². The number of benzene rings is 1. The van der Waals surface area contributed by atoms with Crippen LogP contribution in [0, 0.1) is 5.82 Å². The van der Waals surface area contributed by atoms with Gasteiger partial charge in [-0.1, -0.05) is 17.7 Å². The molecule has 1 saturated heterocycles. The number of rotatable bonds is 4. The maximum absolute atomic E-state index is 13.1. The van der Waals surface area contributed by atoms with Crippen molar-refractivity contribution in [1.29, 1.82) is 0 Å². The molecular formula is C13H19Cl2FN2O2S. The summed E-state index contributed by atoms with van der Waals surface area (Å²) in [6, 6.07) is 3.96. The Balaban J connectivity index is 0.00000220. The fourth-order valence-corrected chi connectivity index (χ4v) is 4.01. The summed E-state index contributed by atoms with van der Waals surface area (Å²) in [5.41, 5.74) is 0.473. The molecule has 1 aliphatic heterocycles. The molecule has 1 aliphatic rings. The van der Waals surface area contributed by atoms with Crippen molar-refractivity contribution < 1.29 is 12.8 Å². The molecule has 0 amide bonds. The van der Waals surface area contributed by atoms with Crippen molar-refractivity contribution in [3.63, 3.8) is 0 Å². The third-order valence-electron chi connectivity index (χ3n) is 3.43. The fraction of sp³-hybridized carbons (Fsp3) is 0.538. The highest BCUT2D eigenvalue weighted by Crippen LogP contribution is 2.18. The van der Waals surface area contributed by atoms with Crippen LogP contribution in [0.5, 0.6) is 0 Å². The van der Waals surface area contributed by atoms with Gasteiger partial charge in [-0.2, -0.15) is 0 Å². The van der Waals surface area contributed by atoms with Gasteiger partial charge in [0.25, 0.3) is 0 Å². The van der Waals surface area contributed by atoms with Crippen molar-refractivity contribution in [2.24, 2.45) is 0 Å². The van der Waals surface area contributed by atoms with E-state index in [2.05, 4.69) is 10.0 Å². The number of hydrogen-bond donors (Lipinski definition) is 2. The highest BCUT2D eigenvalue weighted by atomic mass is 35.5. The zero-order valence-electron chi connectivity index (χ0n) is 11.6. The molecule has 0 radical (unpaired) electrons. The molecule has 0 aliphatic carbocycles. The zero-order valence-corrected chi connectivity index (χ0v) is 14.0. The first kappa shape index (κ1) is 18.6. The molecule has 0 bridgehead atoms. The molecule has 1 aromatic carbocycles. The van der Waals surface area contributed by atoms with E-state index in [1.807, 2.05) is 6.92 Å². The summed E-state index contributed by atoms with van der Waals surface area (Å²) in [5, 5.41) is 3.17. The number of halogens is 3. The normalized spacial score (nSPS) is 22.6. The third-order valence-corrected chi connectivity index (χ3v) is 5.10. The second kappa shape index (κ2) is 7.74. The van der Waals surface area contributed by atoms with Gasteiger partial charge in [0.1, 0.15) is 5.82 Å². The molecule has 1 aromatic rings. The van der Waals surface area contributed by atoms with Crippen molar-refractivity contribution in [1.82, 2.24) is 10.0 Å². The third kappa shape index (κ3) is 5.38. The first-order chi connectivity index (χ1) is 9.37. The molecular weight excluding hydrogens is 338 g/mol. The van der Waals surface area contributed by atoms with Crippen LogP contribution in [-0.2, 0) is 15.8 Å². The van der Waals surface area contributed by atoms with Crippen LogP contribution in [0.4, 0.5) is 4.39 Å². The molecule has 1 heterocycles. The molecule has 2 atom stereocenters. The van der Waals surface area contributed by atoms with Gasteiger partial charge < -0.3 is 5.32 Å². The Morgan fingerprint density at radius 1 is 1.48 bits per heavy atom. The van der Waals surface area contributed by atoms with Crippen molar-refractivity contribution in [3.8, 4) is 0 Å². The van der Waals surface area contributed by atoms with Gasteiger partial charge in [0, 0.05) is 12.1 Å². The number of nitrogens with one attached hydrogen (secondary N) is 2. The van der Waals surface area contributed by atoms with Crippen LogP contribution in [0.3, 0.4) is 0 Å². The second-order valence-corrected chi connectivity index (χ2v) is 7.28. The smallest absolute Gasteiger partial charge is 0.216 e. The van der Waals surface area contributed by atoms with E-state index in [0.717, 1.165) is 19.4 Å². The van der Waals surface area contributed by atoms with E-state index in [0.29, 0.717) is 5.56 Å². The highest BCUT2D eigenvalue weighted by molar-refractivity contribution is 7.88. The first-order valence-electron chi connectivity index (χ1n) is 6.55. The highest BCUT2D eigenvalue weighted by Gasteiger charge is 2.25. The topological polar surface area (TPSA) is 58.2 Å². The molecule has 0 saturated carbocycles. The van der Waals surface area contributed by atoms with Crippen LogP contribution in [0.1, 0.15) is 25.3 Å². The summed E-state index contributed by atoms with van der Waals surface area (Å²) in [6.07, 6.45) is 1.76. The quantitative estimate of drug-likeness (QED) is 0.870. The van der Waals surface area contributed by atoms with Crippen LogP contribution in [0.15, 0.2) is 18.2 Å². The van der Waals surface area contributed by atoms with Gasteiger partial charge in [0.05, 0.1) is 10.8 Å². The molecule has 1 fully saturated rings. The predicted octanol–water partition coefficient (Wildman–Crippen LogP) is 2.46. The van der Waals surface area contributed by atoms with Gasteiger partial charge in [0.15, 0.2) is 0 Å². The maximum Gasteiger partial charge on any atom is 0.216 e. The van der Waals surface area contributed by atoms with Crippen molar-refractivity contribution in [3.05, 3.63) is 34.6 Å². The second-order valence-electron chi connectivity index (χ2n) is 5.12. The van der Waals surface area contributed by atoms with Crippen molar-refractivity contribution >= 4 is 34.0 Å². The monoisotopic (exact) mass is 356 g/mol. The van der Waals surface area contributed by atoms with Crippen LogP contribution in [-0.4, -0.2) is 27.0 Å². The molecule has 21 heavy (non-hydrogen) atoms. The lowest BCUT2D eigenvalue weighted by molar-refractivity contribution is 0.348. The number of piperidine rings is 1. The summed E-state index contributed by atoms with van der Waals surface area (Å²) in [4.78, 5) is 0. The average Bonchev–Trinajstić information content (AvgIpc) is 2.36. The maximum atomic E-state index is 13.1. The van der Waals surface area contributed by atoms with Crippen molar-refractivity contribution in [2.45, 2.75) is 37.6 Å². The van der Waals surface area contributed by atoms with Crippen LogP contribution in [0.25, 0.3) is 0 Å². The van der Waals surface area contributed by atoms with E-state index in [4.69, 9.17) is 11.6 Å². The Morgan fingerprint density at radius 3 is 2.81 bits per heavy atom. The van der Waals surface area contributed by atoms with E-state index in [-0.39, 0.29) is 35.3 Å². The minimum Gasteiger partial charge on any atom is -0.313 e. The molecule has 2 unspecified atom stereocenters. The van der Waals surface area contributed by atoms with E-state index < -0.39 is 15.8 Å². The van der Waals surface area contributed by atoms with E-state index in [1.165, 1.54) is 18.2 Å². The standard InChI is InChI=1S/C13H18ClFN2O2S.ClH/c1-9-13(3-2-6-16-9)17-20(18,19)8-10-4-5-12(15)11(14)7-10;/h4-5,7,9,13,16-17H,2-3,6,8H2,1H3;1H. The first-order valence-corrected chi connectivity index (χ1v) is 8.58. The zero-order chi connectivity index (χ0) is 14.8. The molecule has 8 heteroatoms. The lowest BCUT2D eigenvalue weighted by Crippen LogP contribution is -2.52. The average molecular weight is 357 g/mol. The van der Waals surface area contributed by atoms with Gasteiger partial charge in [-0.25, -0.2) is 17.5 Å². The molecule has 2 rings (SSSR count). The van der Waals surface area contributed by atoms with Gasteiger partial charge in [-0.3, -0.25) is 0 Å². The lowest BCUT2D eigenvalue weighted by atomic mass is 10.0. The van der Waals surface area contributed by atoms with E-state index >= 15 is 0 Å². The Labute approximate surface area is 135 Å². The summed E-state index contributed by atoms with van der Waals surface area (Å²) in [6.45, 7) is 2.87. The molecule has 120 valence electrons. The van der Waals surface area contributed by atoms with Crippen LogP contribution < -0.4 is 10.0 Å². The number of sulfonamides is 1. The SMILES string of the molecule is CC1NCCCC1NS(=O)(=O)Cc1ccc(F)c(Cl)c1.Cl. The van der Waals surface area contributed by atoms with Gasteiger partial charge in [-0.05, 0) is 44.0 Å². The van der Waals surface area contributed by atoms with E-state index in [1.54, 1.807) is 0 Å². The Morgan fingerprint density at radius 2 is 2.19 bits per heavy atom.